The Bertz CT molecular complexity index is 398. The quantitative estimate of drug-likeness (QED) is 0.609. The van der Waals surface area contributed by atoms with Crippen LogP contribution in [0.25, 0.3) is 0 Å². The minimum atomic E-state index is -4.06. The summed E-state index contributed by atoms with van der Waals surface area (Å²) in [5, 5.41) is 0. The second-order valence-corrected chi connectivity index (χ2v) is 4.06. The molecule has 0 saturated carbocycles. The smallest absolute Gasteiger partial charge is 0.282 e. The van der Waals surface area contributed by atoms with Gasteiger partial charge < -0.3 is 0 Å². The maximum atomic E-state index is 10.8. The Morgan fingerprint density at radius 1 is 1.23 bits per heavy atom. The molecule has 1 aromatic rings. The van der Waals surface area contributed by atoms with Crippen molar-refractivity contribution in [1.29, 1.82) is 0 Å². The second kappa shape index (κ2) is 4.31. The van der Waals surface area contributed by atoms with E-state index in [0.29, 0.717) is 5.56 Å². The molecular weight excluding hydrogens is 242 g/mol. The van der Waals surface area contributed by atoms with E-state index < -0.39 is 10.1 Å². The molecule has 13 heavy (non-hydrogen) atoms. The summed E-state index contributed by atoms with van der Waals surface area (Å²) in [6.07, 6.45) is 0. The van der Waals surface area contributed by atoms with Crippen molar-refractivity contribution in [2.75, 3.05) is 0 Å². The van der Waals surface area contributed by atoms with Gasteiger partial charge in [-0.3, -0.25) is 4.55 Å². The van der Waals surface area contributed by atoms with Crippen LogP contribution in [0.5, 0.6) is 0 Å². The van der Waals surface area contributed by atoms with Crippen molar-refractivity contribution in [3.8, 4) is 0 Å². The fourth-order valence-corrected chi connectivity index (χ4v) is 1.80. The standard InChI is InChI=1S/C8H10O3S.Zn/c1-6-4-3-5-8(7(6)2)12(9,10)11;/h3-5H,1-2H3,(H,9,10,11);. The van der Waals surface area contributed by atoms with Crippen LogP contribution in [0.4, 0.5) is 0 Å². The Balaban J connectivity index is 0.00000144. The first-order chi connectivity index (χ1) is 5.43. The zero-order valence-electron chi connectivity index (χ0n) is 7.61. The van der Waals surface area contributed by atoms with Crippen molar-refractivity contribution in [3.63, 3.8) is 0 Å². The molecule has 1 rings (SSSR count). The number of rotatable bonds is 1. The van der Waals surface area contributed by atoms with Gasteiger partial charge in [0.25, 0.3) is 10.1 Å². The molecule has 5 heteroatoms. The van der Waals surface area contributed by atoms with Crippen LogP contribution in [0.3, 0.4) is 0 Å². The van der Waals surface area contributed by atoms with Gasteiger partial charge in [-0.1, -0.05) is 12.1 Å². The molecule has 0 unspecified atom stereocenters. The van der Waals surface area contributed by atoms with E-state index in [1.807, 2.05) is 0 Å². The molecule has 1 N–H and O–H groups in total. The van der Waals surface area contributed by atoms with Gasteiger partial charge in [0.05, 0.1) is 4.90 Å². The first-order valence-corrected chi connectivity index (χ1v) is 4.90. The number of aryl methyl sites for hydroxylation is 1. The van der Waals surface area contributed by atoms with E-state index in [4.69, 9.17) is 4.55 Å². The van der Waals surface area contributed by atoms with Crippen LogP contribution < -0.4 is 0 Å². The molecule has 1 aromatic carbocycles. The first kappa shape index (κ1) is 12.8. The van der Waals surface area contributed by atoms with E-state index in [1.54, 1.807) is 26.0 Å². The van der Waals surface area contributed by atoms with Gasteiger partial charge in [0.1, 0.15) is 0 Å². The summed E-state index contributed by atoms with van der Waals surface area (Å²) < 4.78 is 30.3. The van der Waals surface area contributed by atoms with Crippen molar-refractivity contribution in [1.82, 2.24) is 0 Å². The van der Waals surface area contributed by atoms with Gasteiger partial charge >= 0.3 is 0 Å². The molecule has 0 saturated heterocycles. The molecule has 0 radical (unpaired) electrons. The molecule has 68 valence electrons. The zero-order valence-corrected chi connectivity index (χ0v) is 11.4. The van der Waals surface area contributed by atoms with E-state index in [0.717, 1.165) is 5.56 Å². The van der Waals surface area contributed by atoms with Gasteiger partial charge in [-0.05, 0) is 31.0 Å². The molecule has 0 bridgehead atoms. The molecule has 0 spiro atoms. The molecule has 0 heterocycles. The minimum absolute atomic E-state index is 0. The Morgan fingerprint density at radius 3 is 2.15 bits per heavy atom. The van der Waals surface area contributed by atoms with E-state index in [-0.39, 0.29) is 24.4 Å². The van der Waals surface area contributed by atoms with Crippen molar-refractivity contribution < 1.29 is 32.4 Å². The Labute approximate surface area is 90.7 Å². The maximum Gasteiger partial charge on any atom is 0.294 e. The minimum Gasteiger partial charge on any atom is -0.282 e. The third-order valence-electron chi connectivity index (χ3n) is 1.83. The fourth-order valence-electron chi connectivity index (χ4n) is 1.00. The number of benzene rings is 1. The van der Waals surface area contributed by atoms with Gasteiger partial charge in [-0.2, -0.15) is 8.42 Å². The molecule has 0 aromatic heterocycles. The van der Waals surface area contributed by atoms with Crippen LogP contribution in [0, 0.1) is 13.8 Å². The normalized spacial score (nSPS) is 10.7. The van der Waals surface area contributed by atoms with Crippen LogP contribution >= 0.6 is 0 Å². The summed E-state index contributed by atoms with van der Waals surface area (Å²) in [6.45, 7) is 3.46. The van der Waals surface area contributed by atoms with Gasteiger partial charge in [-0.15, -0.1) is 0 Å². The maximum absolute atomic E-state index is 10.8. The summed E-state index contributed by atoms with van der Waals surface area (Å²) in [5.74, 6) is 0. The number of hydrogen-bond donors (Lipinski definition) is 1. The van der Waals surface area contributed by atoms with Crippen molar-refractivity contribution in [2.45, 2.75) is 18.7 Å². The Kier molecular flexibility index (Phi) is 4.23. The number of hydrogen-bond acceptors (Lipinski definition) is 2. The van der Waals surface area contributed by atoms with Crippen LogP contribution in [0.2, 0.25) is 0 Å². The summed E-state index contributed by atoms with van der Waals surface area (Å²) in [4.78, 5) is -0.0116. The molecular formula is C8H10O3SZn. The Hall–Kier alpha value is -0.247. The van der Waals surface area contributed by atoms with E-state index in [1.165, 1.54) is 6.07 Å². The van der Waals surface area contributed by atoms with Crippen LogP contribution in [-0.4, -0.2) is 13.0 Å². The van der Waals surface area contributed by atoms with Crippen LogP contribution in [-0.2, 0) is 29.6 Å². The predicted octanol–water partition coefficient (Wildman–Crippen LogP) is 1.55. The van der Waals surface area contributed by atoms with Gasteiger partial charge in [0.15, 0.2) is 0 Å². The molecule has 0 amide bonds. The molecule has 0 atom stereocenters. The van der Waals surface area contributed by atoms with E-state index in [2.05, 4.69) is 0 Å². The van der Waals surface area contributed by atoms with Crippen LogP contribution in [0.1, 0.15) is 11.1 Å². The largest absolute Gasteiger partial charge is 0.294 e. The van der Waals surface area contributed by atoms with Crippen molar-refractivity contribution >= 4 is 10.1 Å². The third kappa shape index (κ3) is 2.87. The molecule has 0 aliphatic carbocycles. The van der Waals surface area contributed by atoms with Gasteiger partial charge in [0.2, 0.25) is 0 Å². The molecule has 0 aliphatic heterocycles. The summed E-state index contributed by atoms with van der Waals surface area (Å²) in [7, 11) is -4.06. The fraction of sp³-hybridized carbons (Fsp3) is 0.250. The monoisotopic (exact) mass is 250 g/mol. The summed E-state index contributed by atoms with van der Waals surface area (Å²) >= 11 is 0. The predicted molar refractivity (Wildman–Crippen MR) is 45.7 cm³/mol. The third-order valence-corrected chi connectivity index (χ3v) is 2.83. The first-order valence-electron chi connectivity index (χ1n) is 3.46. The summed E-state index contributed by atoms with van der Waals surface area (Å²) in [5.41, 5.74) is 1.45. The SMILES string of the molecule is Cc1cccc(S(=O)(=O)O)c1C.[Zn]. The average molecular weight is 252 g/mol. The second-order valence-electron chi connectivity index (χ2n) is 2.67. The van der Waals surface area contributed by atoms with Crippen molar-refractivity contribution in [3.05, 3.63) is 29.3 Å². The molecule has 0 fully saturated rings. The topological polar surface area (TPSA) is 54.4 Å². The van der Waals surface area contributed by atoms with Gasteiger partial charge in [-0.25, -0.2) is 0 Å². The van der Waals surface area contributed by atoms with Crippen LogP contribution in [0.15, 0.2) is 23.1 Å². The van der Waals surface area contributed by atoms with Gasteiger partial charge in [0, 0.05) is 19.5 Å². The zero-order chi connectivity index (χ0) is 9.35. The van der Waals surface area contributed by atoms with E-state index >= 15 is 0 Å². The molecule has 3 nitrogen and oxygen atoms in total. The summed E-state index contributed by atoms with van der Waals surface area (Å²) in [6, 6.07) is 4.78. The van der Waals surface area contributed by atoms with Crippen molar-refractivity contribution in [2.24, 2.45) is 0 Å². The average Bonchev–Trinajstić information content (AvgIpc) is 1.92. The Morgan fingerprint density at radius 2 is 1.77 bits per heavy atom. The van der Waals surface area contributed by atoms with E-state index in [9.17, 15) is 8.42 Å². The molecule has 0 aliphatic rings.